The molecular weight excluding hydrogens is 440 g/mol. The zero-order valence-electron chi connectivity index (χ0n) is 16.4. The van der Waals surface area contributed by atoms with Gasteiger partial charge >= 0.3 is 0 Å². The van der Waals surface area contributed by atoms with E-state index in [2.05, 4.69) is 0 Å². The number of hydrogen-bond donors (Lipinski definition) is 0. The lowest BCUT2D eigenvalue weighted by Gasteiger charge is -2.28. The molecule has 30 heavy (non-hydrogen) atoms. The van der Waals surface area contributed by atoms with Crippen LogP contribution in [0.3, 0.4) is 0 Å². The fourth-order valence-electron chi connectivity index (χ4n) is 3.57. The van der Waals surface area contributed by atoms with Crippen LogP contribution >= 0.6 is 22.9 Å². The van der Waals surface area contributed by atoms with E-state index in [0.29, 0.717) is 26.1 Å². The monoisotopic (exact) mass is 460 g/mol. The minimum Gasteiger partial charge on any atom is -0.337 e. The Morgan fingerprint density at radius 1 is 1.13 bits per heavy atom. The molecular formula is C22H21ClN2O3S2. The maximum atomic E-state index is 13.3. The van der Waals surface area contributed by atoms with Crippen molar-refractivity contribution in [2.75, 3.05) is 13.6 Å². The quantitative estimate of drug-likeness (QED) is 0.566. The summed E-state index contributed by atoms with van der Waals surface area (Å²) in [5, 5.41) is 2.19. The molecule has 0 unspecified atom stereocenters. The first-order valence-corrected chi connectivity index (χ1v) is 12.2. The Balaban J connectivity index is 1.60. The van der Waals surface area contributed by atoms with Crippen LogP contribution in [0.15, 0.2) is 64.9 Å². The maximum Gasteiger partial charge on any atom is 0.255 e. The van der Waals surface area contributed by atoms with Crippen LogP contribution in [-0.4, -0.2) is 37.1 Å². The predicted molar refractivity (Wildman–Crippen MR) is 119 cm³/mol. The SMILES string of the molecule is CN(Cc1cccs1)C(=O)c1cc(S(=O)(=O)N2CCc3ccccc3C2)ccc1Cl. The Hall–Kier alpha value is -2.19. The number of sulfonamides is 1. The van der Waals surface area contributed by atoms with Crippen molar-refractivity contribution in [3.8, 4) is 0 Å². The number of hydrogen-bond acceptors (Lipinski definition) is 4. The zero-order chi connectivity index (χ0) is 21.3. The van der Waals surface area contributed by atoms with Crippen LogP contribution in [-0.2, 0) is 29.5 Å². The van der Waals surface area contributed by atoms with Gasteiger partial charge in [0, 0.05) is 25.0 Å². The number of benzene rings is 2. The highest BCUT2D eigenvalue weighted by molar-refractivity contribution is 7.89. The number of halogens is 1. The van der Waals surface area contributed by atoms with Crippen molar-refractivity contribution in [3.63, 3.8) is 0 Å². The molecule has 4 rings (SSSR count). The van der Waals surface area contributed by atoms with Crippen molar-refractivity contribution in [1.82, 2.24) is 9.21 Å². The highest BCUT2D eigenvalue weighted by atomic mass is 35.5. The van der Waals surface area contributed by atoms with E-state index in [0.717, 1.165) is 10.4 Å². The van der Waals surface area contributed by atoms with Crippen molar-refractivity contribution in [3.05, 3.63) is 86.6 Å². The molecule has 2 heterocycles. The van der Waals surface area contributed by atoms with Gasteiger partial charge in [-0.05, 0) is 47.2 Å². The molecule has 0 spiro atoms. The van der Waals surface area contributed by atoms with Gasteiger partial charge in [-0.1, -0.05) is 41.9 Å². The summed E-state index contributed by atoms with van der Waals surface area (Å²) in [6.07, 6.45) is 0.665. The van der Waals surface area contributed by atoms with Crippen molar-refractivity contribution in [1.29, 1.82) is 0 Å². The highest BCUT2D eigenvalue weighted by Gasteiger charge is 2.29. The van der Waals surface area contributed by atoms with Crippen molar-refractivity contribution >= 4 is 38.9 Å². The molecule has 156 valence electrons. The lowest BCUT2D eigenvalue weighted by Crippen LogP contribution is -2.36. The van der Waals surface area contributed by atoms with Crippen molar-refractivity contribution in [2.45, 2.75) is 24.4 Å². The average Bonchev–Trinajstić information content (AvgIpc) is 3.26. The summed E-state index contributed by atoms with van der Waals surface area (Å²) < 4.78 is 28.0. The number of fused-ring (bicyclic) bond motifs is 1. The van der Waals surface area contributed by atoms with E-state index in [4.69, 9.17) is 11.6 Å². The number of nitrogens with zero attached hydrogens (tertiary/aromatic N) is 2. The Bertz CT molecular complexity index is 1180. The molecule has 0 bridgehead atoms. The summed E-state index contributed by atoms with van der Waals surface area (Å²) in [7, 11) is -2.07. The van der Waals surface area contributed by atoms with E-state index >= 15 is 0 Å². The Morgan fingerprint density at radius 2 is 1.90 bits per heavy atom. The zero-order valence-corrected chi connectivity index (χ0v) is 18.8. The summed E-state index contributed by atoms with van der Waals surface area (Å²) in [5.74, 6) is -0.311. The van der Waals surface area contributed by atoms with Gasteiger partial charge in [0.15, 0.2) is 0 Å². The third-order valence-corrected chi connectivity index (χ3v) is 8.25. The van der Waals surface area contributed by atoms with E-state index in [1.165, 1.54) is 28.1 Å². The number of amides is 1. The van der Waals surface area contributed by atoms with Crippen molar-refractivity contribution < 1.29 is 13.2 Å². The van der Waals surface area contributed by atoms with E-state index in [9.17, 15) is 13.2 Å². The number of carbonyl (C=O) groups is 1. The summed E-state index contributed by atoms with van der Waals surface area (Å²) in [5.41, 5.74) is 2.37. The van der Waals surface area contributed by atoms with Gasteiger partial charge in [-0.15, -0.1) is 11.3 Å². The van der Waals surface area contributed by atoms with Gasteiger partial charge in [0.2, 0.25) is 10.0 Å². The second kappa shape index (κ2) is 8.51. The van der Waals surface area contributed by atoms with Crippen LogP contribution in [0.4, 0.5) is 0 Å². The molecule has 0 radical (unpaired) electrons. The second-order valence-corrected chi connectivity index (χ2v) is 10.6. The smallest absolute Gasteiger partial charge is 0.255 e. The van der Waals surface area contributed by atoms with Gasteiger partial charge in [-0.25, -0.2) is 8.42 Å². The summed E-state index contributed by atoms with van der Waals surface area (Å²) >= 11 is 7.83. The van der Waals surface area contributed by atoms with Gasteiger partial charge in [-0.2, -0.15) is 4.31 Å². The highest BCUT2D eigenvalue weighted by Crippen LogP contribution is 2.28. The fourth-order valence-corrected chi connectivity index (χ4v) is 5.97. The standard InChI is InChI=1S/C22H21ClN2O3S2/c1-24(15-18-7-4-12-29-18)22(26)20-13-19(8-9-21(20)23)30(27,28)25-11-10-16-5-2-3-6-17(16)14-25/h2-9,12-13H,10-11,14-15H2,1H3. The van der Waals surface area contributed by atoms with Gasteiger partial charge in [0.1, 0.15) is 0 Å². The summed E-state index contributed by atoms with van der Waals surface area (Å²) in [4.78, 5) is 15.6. The van der Waals surface area contributed by atoms with E-state index in [-0.39, 0.29) is 21.4 Å². The molecule has 1 aliphatic heterocycles. The van der Waals surface area contributed by atoms with Crippen LogP contribution in [0.25, 0.3) is 0 Å². The van der Waals surface area contributed by atoms with E-state index in [1.54, 1.807) is 23.3 Å². The van der Waals surface area contributed by atoms with Crippen LogP contribution in [0.2, 0.25) is 5.02 Å². The molecule has 3 aromatic rings. The molecule has 1 aliphatic rings. The molecule has 0 fully saturated rings. The lowest BCUT2D eigenvalue weighted by atomic mass is 10.0. The predicted octanol–water partition coefficient (Wildman–Crippen LogP) is 4.42. The second-order valence-electron chi connectivity index (χ2n) is 7.24. The Labute approximate surface area is 185 Å². The minimum absolute atomic E-state index is 0.0826. The van der Waals surface area contributed by atoms with Crippen molar-refractivity contribution in [2.24, 2.45) is 0 Å². The van der Waals surface area contributed by atoms with Crippen LogP contribution in [0.5, 0.6) is 0 Å². The van der Waals surface area contributed by atoms with Crippen LogP contribution < -0.4 is 0 Å². The molecule has 8 heteroatoms. The number of carbonyl (C=O) groups excluding carboxylic acids is 1. The first-order chi connectivity index (χ1) is 14.4. The summed E-state index contributed by atoms with van der Waals surface area (Å²) in [6.45, 7) is 1.17. The normalized spacial score (nSPS) is 14.3. The maximum absolute atomic E-state index is 13.3. The molecule has 0 saturated carbocycles. The molecule has 2 aromatic carbocycles. The topological polar surface area (TPSA) is 57.7 Å². The van der Waals surface area contributed by atoms with Crippen LogP contribution in [0, 0.1) is 0 Å². The Morgan fingerprint density at radius 3 is 2.63 bits per heavy atom. The van der Waals surface area contributed by atoms with Gasteiger partial charge < -0.3 is 4.90 Å². The molecule has 0 aliphatic carbocycles. The Kier molecular flexibility index (Phi) is 5.97. The molecule has 0 N–H and O–H groups in total. The largest absolute Gasteiger partial charge is 0.337 e. The fraction of sp³-hybridized carbons (Fsp3) is 0.227. The number of rotatable bonds is 5. The third-order valence-electron chi connectivity index (χ3n) is 5.22. The van der Waals surface area contributed by atoms with E-state index in [1.807, 2.05) is 41.8 Å². The van der Waals surface area contributed by atoms with E-state index < -0.39 is 10.0 Å². The molecule has 0 saturated heterocycles. The number of thiophene rings is 1. The van der Waals surface area contributed by atoms with Crippen LogP contribution in [0.1, 0.15) is 26.4 Å². The van der Waals surface area contributed by atoms with Gasteiger partial charge in [0.25, 0.3) is 5.91 Å². The summed E-state index contributed by atoms with van der Waals surface area (Å²) in [6, 6.07) is 16.1. The van der Waals surface area contributed by atoms with Gasteiger partial charge in [0.05, 0.1) is 22.0 Å². The molecule has 1 aromatic heterocycles. The first kappa shape index (κ1) is 21.1. The average molecular weight is 461 g/mol. The first-order valence-electron chi connectivity index (χ1n) is 9.50. The minimum atomic E-state index is -3.75. The van der Waals surface area contributed by atoms with Gasteiger partial charge in [-0.3, -0.25) is 4.79 Å². The molecule has 0 atom stereocenters. The molecule has 1 amide bonds. The molecule has 5 nitrogen and oxygen atoms in total. The third kappa shape index (κ3) is 4.16. The lowest BCUT2D eigenvalue weighted by molar-refractivity contribution is 0.0786.